The van der Waals surface area contributed by atoms with E-state index in [1.54, 1.807) is 7.11 Å². The molecular formula is C15H24ClNO. The Bertz CT molecular complexity index is 377. The molecule has 1 N–H and O–H groups in total. The van der Waals surface area contributed by atoms with Crippen molar-refractivity contribution >= 4 is 11.6 Å². The van der Waals surface area contributed by atoms with E-state index in [9.17, 15) is 0 Å². The topological polar surface area (TPSA) is 21.3 Å². The van der Waals surface area contributed by atoms with Crippen molar-refractivity contribution in [3.05, 3.63) is 34.3 Å². The lowest BCUT2D eigenvalue weighted by Crippen LogP contribution is -2.30. The summed E-state index contributed by atoms with van der Waals surface area (Å²) in [4.78, 5) is 0. The van der Waals surface area contributed by atoms with Crippen LogP contribution in [0.1, 0.15) is 31.4 Å². The van der Waals surface area contributed by atoms with Crippen LogP contribution in [0.25, 0.3) is 0 Å². The Morgan fingerprint density at radius 2 is 2.06 bits per heavy atom. The third-order valence-electron chi connectivity index (χ3n) is 3.11. The molecule has 0 aliphatic heterocycles. The second kappa shape index (κ2) is 7.13. The minimum Gasteiger partial charge on any atom is -0.385 e. The molecule has 18 heavy (non-hydrogen) atoms. The highest BCUT2D eigenvalue weighted by Gasteiger charge is 2.16. The number of benzene rings is 1. The molecule has 1 rings (SSSR count). The van der Waals surface area contributed by atoms with E-state index in [-0.39, 0.29) is 5.41 Å². The van der Waals surface area contributed by atoms with Crippen molar-refractivity contribution in [1.82, 2.24) is 5.32 Å². The van der Waals surface area contributed by atoms with Gasteiger partial charge >= 0.3 is 0 Å². The van der Waals surface area contributed by atoms with Crippen LogP contribution < -0.4 is 5.32 Å². The van der Waals surface area contributed by atoms with Crippen LogP contribution in [0.2, 0.25) is 5.02 Å². The largest absolute Gasteiger partial charge is 0.385 e. The minimum absolute atomic E-state index is 0.243. The zero-order chi connectivity index (χ0) is 13.6. The molecule has 0 aliphatic carbocycles. The van der Waals surface area contributed by atoms with Crippen molar-refractivity contribution in [2.45, 2.75) is 33.7 Å². The van der Waals surface area contributed by atoms with Gasteiger partial charge in [-0.2, -0.15) is 0 Å². The highest BCUT2D eigenvalue weighted by Crippen LogP contribution is 2.20. The molecule has 1 aromatic carbocycles. The normalized spacial score (nSPS) is 11.8. The van der Waals surface area contributed by atoms with Crippen LogP contribution in [0.3, 0.4) is 0 Å². The summed E-state index contributed by atoms with van der Waals surface area (Å²) in [6.45, 7) is 9.12. The molecular weight excluding hydrogens is 246 g/mol. The van der Waals surface area contributed by atoms with Gasteiger partial charge in [0, 0.05) is 31.8 Å². The lowest BCUT2D eigenvalue weighted by molar-refractivity contribution is 0.150. The number of ether oxygens (including phenoxy) is 1. The number of rotatable bonds is 7. The Morgan fingerprint density at radius 3 is 2.67 bits per heavy atom. The molecule has 0 spiro atoms. The molecule has 102 valence electrons. The Labute approximate surface area is 116 Å². The molecule has 0 aromatic heterocycles. The number of nitrogens with one attached hydrogen (secondary N) is 1. The Morgan fingerprint density at radius 1 is 1.33 bits per heavy atom. The monoisotopic (exact) mass is 269 g/mol. The van der Waals surface area contributed by atoms with E-state index >= 15 is 0 Å². The number of hydrogen-bond donors (Lipinski definition) is 1. The second-order valence-corrected chi connectivity index (χ2v) is 6.01. The summed E-state index contributed by atoms with van der Waals surface area (Å²) < 4.78 is 5.13. The van der Waals surface area contributed by atoms with Crippen LogP contribution in [-0.2, 0) is 11.3 Å². The number of aryl methyl sites for hydroxylation is 1. The van der Waals surface area contributed by atoms with Gasteiger partial charge in [0.05, 0.1) is 0 Å². The van der Waals surface area contributed by atoms with E-state index < -0.39 is 0 Å². The second-order valence-electron chi connectivity index (χ2n) is 5.61. The van der Waals surface area contributed by atoms with Gasteiger partial charge in [0.15, 0.2) is 0 Å². The first kappa shape index (κ1) is 15.5. The smallest absolute Gasteiger partial charge is 0.0467 e. The van der Waals surface area contributed by atoms with Crippen molar-refractivity contribution in [3.8, 4) is 0 Å². The van der Waals surface area contributed by atoms with Gasteiger partial charge < -0.3 is 10.1 Å². The third kappa shape index (κ3) is 5.38. The zero-order valence-corrected chi connectivity index (χ0v) is 12.6. The predicted octanol–water partition coefficient (Wildman–Crippen LogP) is 3.80. The Balaban J connectivity index is 2.41. The first-order chi connectivity index (χ1) is 8.44. The molecule has 1 aromatic rings. The van der Waals surface area contributed by atoms with Gasteiger partial charge in [0.1, 0.15) is 0 Å². The molecule has 2 nitrogen and oxygen atoms in total. The molecule has 0 atom stereocenters. The number of methoxy groups -OCH3 is 1. The minimum atomic E-state index is 0.243. The van der Waals surface area contributed by atoms with Crippen LogP contribution >= 0.6 is 11.6 Å². The molecule has 0 radical (unpaired) electrons. The first-order valence-electron chi connectivity index (χ1n) is 6.39. The van der Waals surface area contributed by atoms with Gasteiger partial charge in [-0.1, -0.05) is 37.6 Å². The maximum absolute atomic E-state index is 6.20. The molecule has 0 aliphatic rings. The summed E-state index contributed by atoms with van der Waals surface area (Å²) in [5.74, 6) is 0. The summed E-state index contributed by atoms with van der Waals surface area (Å²) >= 11 is 6.20. The van der Waals surface area contributed by atoms with E-state index in [0.29, 0.717) is 0 Å². The maximum Gasteiger partial charge on any atom is 0.0467 e. The lowest BCUT2D eigenvalue weighted by atomic mass is 9.89. The standard InChI is InChI=1S/C15H24ClNO/c1-12-5-6-13(14(16)9-12)10-17-11-15(2,3)7-8-18-4/h5-6,9,17H,7-8,10-11H2,1-4H3. The van der Waals surface area contributed by atoms with E-state index in [1.165, 1.54) is 5.56 Å². The highest BCUT2D eigenvalue weighted by atomic mass is 35.5. The third-order valence-corrected chi connectivity index (χ3v) is 3.46. The van der Waals surface area contributed by atoms with E-state index in [0.717, 1.165) is 36.7 Å². The molecule has 0 saturated heterocycles. The van der Waals surface area contributed by atoms with Crippen LogP contribution in [0, 0.1) is 12.3 Å². The van der Waals surface area contributed by atoms with Crippen molar-refractivity contribution in [1.29, 1.82) is 0 Å². The Hall–Kier alpha value is -0.570. The Kier molecular flexibility index (Phi) is 6.13. The van der Waals surface area contributed by atoms with Crippen molar-refractivity contribution in [2.75, 3.05) is 20.3 Å². The summed E-state index contributed by atoms with van der Waals surface area (Å²) in [5, 5.41) is 4.32. The summed E-state index contributed by atoms with van der Waals surface area (Å²) in [5.41, 5.74) is 2.60. The quantitative estimate of drug-likeness (QED) is 0.813. The van der Waals surface area contributed by atoms with Crippen molar-refractivity contribution in [2.24, 2.45) is 5.41 Å². The molecule has 0 amide bonds. The highest BCUT2D eigenvalue weighted by molar-refractivity contribution is 6.31. The van der Waals surface area contributed by atoms with E-state index in [4.69, 9.17) is 16.3 Å². The SMILES string of the molecule is COCCC(C)(C)CNCc1ccc(C)cc1Cl. The molecule has 0 bridgehead atoms. The van der Waals surface area contributed by atoms with Crippen LogP contribution in [-0.4, -0.2) is 20.3 Å². The number of hydrogen-bond acceptors (Lipinski definition) is 2. The fourth-order valence-corrected chi connectivity index (χ4v) is 2.10. The van der Waals surface area contributed by atoms with E-state index in [1.807, 2.05) is 6.07 Å². The van der Waals surface area contributed by atoms with Crippen molar-refractivity contribution < 1.29 is 4.74 Å². The fourth-order valence-electron chi connectivity index (χ4n) is 1.80. The first-order valence-corrected chi connectivity index (χ1v) is 6.77. The van der Waals surface area contributed by atoms with Crippen LogP contribution in [0.4, 0.5) is 0 Å². The van der Waals surface area contributed by atoms with Gasteiger partial charge in [-0.05, 0) is 36.0 Å². The van der Waals surface area contributed by atoms with Gasteiger partial charge in [-0.15, -0.1) is 0 Å². The predicted molar refractivity (Wildman–Crippen MR) is 78.2 cm³/mol. The molecule has 3 heteroatoms. The van der Waals surface area contributed by atoms with Gasteiger partial charge in [-0.3, -0.25) is 0 Å². The summed E-state index contributed by atoms with van der Waals surface area (Å²) in [6, 6.07) is 6.19. The van der Waals surface area contributed by atoms with Crippen LogP contribution in [0.5, 0.6) is 0 Å². The van der Waals surface area contributed by atoms with Gasteiger partial charge in [-0.25, -0.2) is 0 Å². The van der Waals surface area contributed by atoms with Gasteiger partial charge in [0.25, 0.3) is 0 Å². The van der Waals surface area contributed by atoms with E-state index in [2.05, 4.69) is 38.2 Å². The molecule has 0 fully saturated rings. The average Bonchev–Trinajstić information content (AvgIpc) is 2.29. The lowest BCUT2D eigenvalue weighted by Gasteiger charge is -2.24. The maximum atomic E-state index is 6.20. The molecule has 0 saturated carbocycles. The zero-order valence-electron chi connectivity index (χ0n) is 11.8. The van der Waals surface area contributed by atoms with Crippen molar-refractivity contribution in [3.63, 3.8) is 0 Å². The molecule has 0 heterocycles. The summed E-state index contributed by atoms with van der Waals surface area (Å²) in [6.07, 6.45) is 1.05. The fraction of sp³-hybridized carbons (Fsp3) is 0.600. The average molecular weight is 270 g/mol. The van der Waals surface area contributed by atoms with Gasteiger partial charge in [0.2, 0.25) is 0 Å². The molecule has 0 unspecified atom stereocenters. The summed E-state index contributed by atoms with van der Waals surface area (Å²) in [7, 11) is 1.75. The number of halogens is 1. The van der Waals surface area contributed by atoms with Crippen LogP contribution in [0.15, 0.2) is 18.2 Å².